The molecule has 5 rings (SSSR count). The Bertz CT molecular complexity index is 1100. The van der Waals surface area contributed by atoms with Crippen LogP contribution in [0, 0.1) is 11.6 Å². The van der Waals surface area contributed by atoms with Crippen molar-refractivity contribution >= 4 is 0 Å². The monoisotopic (exact) mass is 462 g/mol. The Balaban J connectivity index is 1.32. The molecule has 1 aliphatic carbocycles. The highest BCUT2D eigenvalue weighted by molar-refractivity contribution is 5.66. The van der Waals surface area contributed by atoms with E-state index >= 15 is 0 Å². The molecular weight excluding hydrogens is 430 g/mol. The molecule has 1 N–H and O–H groups in total. The van der Waals surface area contributed by atoms with Crippen molar-refractivity contribution in [1.29, 1.82) is 0 Å². The number of benzene rings is 2. The fourth-order valence-corrected chi connectivity index (χ4v) is 6.02. The molecule has 5 heteroatoms. The first-order valence-electron chi connectivity index (χ1n) is 12.4. The van der Waals surface area contributed by atoms with Gasteiger partial charge < -0.3 is 10.1 Å². The molecule has 2 aliphatic rings. The maximum Gasteiger partial charge on any atom is 0.123 e. The molecule has 0 bridgehead atoms. The first-order chi connectivity index (χ1) is 16.6. The van der Waals surface area contributed by atoms with Crippen molar-refractivity contribution in [2.45, 2.75) is 62.5 Å². The Morgan fingerprint density at radius 2 is 1.62 bits per heavy atom. The molecular formula is C29H32F2N2O. The van der Waals surface area contributed by atoms with Crippen molar-refractivity contribution in [2.24, 2.45) is 0 Å². The van der Waals surface area contributed by atoms with E-state index in [4.69, 9.17) is 4.74 Å². The van der Waals surface area contributed by atoms with Gasteiger partial charge in [0.1, 0.15) is 11.6 Å². The lowest BCUT2D eigenvalue weighted by Gasteiger charge is -2.47. The SMILES string of the molecule is Fc1ccc([C@]2(CCNCc3ccc(F)cc3-c3ccncc3)CCOC3(CCCC3)C2)cc1. The number of nitrogens with zero attached hydrogens (tertiary/aromatic N) is 1. The van der Waals surface area contributed by atoms with Crippen LogP contribution in [0.2, 0.25) is 0 Å². The van der Waals surface area contributed by atoms with Crippen LogP contribution in [0.4, 0.5) is 8.78 Å². The van der Waals surface area contributed by atoms with Crippen LogP contribution in [0.15, 0.2) is 67.0 Å². The lowest BCUT2D eigenvalue weighted by atomic mass is 9.66. The maximum atomic E-state index is 14.0. The van der Waals surface area contributed by atoms with Gasteiger partial charge in [-0.1, -0.05) is 31.0 Å². The quantitative estimate of drug-likeness (QED) is 0.403. The molecule has 0 amide bonds. The lowest BCUT2D eigenvalue weighted by Crippen LogP contribution is -2.47. The van der Waals surface area contributed by atoms with Crippen molar-refractivity contribution in [3.8, 4) is 11.1 Å². The van der Waals surface area contributed by atoms with Gasteiger partial charge in [-0.3, -0.25) is 4.98 Å². The topological polar surface area (TPSA) is 34.2 Å². The third-order valence-electron chi connectivity index (χ3n) is 7.78. The molecule has 1 spiro atoms. The van der Waals surface area contributed by atoms with Gasteiger partial charge in [-0.05, 0) is 97.3 Å². The number of ether oxygens (including phenoxy) is 1. The predicted molar refractivity (Wildman–Crippen MR) is 130 cm³/mol. The first-order valence-corrected chi connectivity index (χ1v) is 12.4. The van der Waals surface area contributed by atoms with Crippen molar-refractivity contribution in [3.05, 3.63) is 89.8 Å². The van der Waals surface area contributed by atoms with Gasteiger partial charge in [0, 0.05) is 31.0 Å². The molecule has 3 aromatic rings. The molecule has 0 radical (unpaired) electrons. The highest BCUT2D eigenvalue weighted by Gasteiger charge is 2.47. The minimum absolute atomic E-state index is 0.0278. The van der Waals surface area contributed by atoms with Crippen LogP contribution in [0.25, 0.3) is 11.1 Å². The number of hydrogen-bond acceptors (Lipinski definition) is 3. The summed E-state index contributed by atoms with van der Waals surface area (Å²) >= 11 is 0. The number of halogens is 2. The molecule has 2 heterocycles. The highest BCUT2D eigenvalue weighted by atomic mass is 19.1. The van der Waals surface area contributed by atoms with Gasteiger partial charge >= 0.3 is 0 Å². The standard InChI is InChI=1S/C29H32F2N2O/c30-25-7-4-24(5-8-25)28(14-18-34-29(21-28)11-1-2-12-29)13-17-33-20-23-3-6-26(31)19-27(23)22-9-15-32-16-10-22/h3-10,15-16,19,33H,1-2,11-14,17-18,20-21H2/t28-/m1/s1. The number of rotatable bonds is 7. The molecule has 2 fully saturated rings. The second kappa shape index (κ2) is 9.93. The molecule has 178 valence electrons. The third kappa shape index (κ3) is 4.91. The van der Waals surface area contributed by atoms with E-state index in [0.29, 0.717) is 6.54 Å². The van der Waals surface area contributed by atoms with Gasteiger partial charge in [0.2, 0.25) is 0 Å². The van der Waals surface area contributed by atoms with E-state index in [1.165, 1.54) is 24.5 Å². The Morgan fingerprint density at radius 1 is 0.882 bits per heavy atom. The van der Waals surface area contributed by atoms with Gasteiger partial charge in [-0.15, -0.1) is 0 Å². The molecule has 34 heavy (non-hydrogen) atoms. The average Bonchev–Trinajstić information content (AvgIpc) is 3.30. The number of pyridine rings is 1. The summed E-state index contributed by atoms with van der Waals surface area (Å²) in [5.74, 6) is -0.436. The fourth-order valence-electron chi connectivity index (χ4n) is 6.02. The van der Waals surface area contributed by atoms with E-state index < -0.39 is 0 Å². The summed E-state index contributed by atoms with van der Waals surface area (Å²) in [6.07, 6.45) is 11.0. The fraction of sp³-hybridized carbons (Fsp3) is 0.414. The third-order valence-corrected chi connectivity index (χ3v) is 7.78. The summed E-state index contributed by atoms with van der Waals surface area (Å²) < 4.78 is 34.1. The van der Waals surface area contributed by atoms with Crippen LogP contribution >= 0.6 is 0 Å². The van der Waals surface area contributed by atoms with Crippen molar-refractivity contribution in [1.82, 2.24) is 10.3 Å². The minimum atomic E-state index is -0.241. The summed E-state index contributed by atoms with van der Waals surface area (Å²) in [6.45, 7) is 2.22. The molecule has 1 aliphatic heterocycles. The van der Waals surface area contributed by atoms with Crippen LogP contribution in [-0.4, -0.2) is 23.7 Å². The van der Waals surface area contributed by atoms with Gasteiger partial charge in [0.15, 0.2) is 0 Å². The van der Waals surface area contributed by atoms with E-state index in [1.807, 2.05) is 30.3 Å². The van der Waals surface area contributed by atoms with E-state index in [-0.39, 0.29) is 22.7 Å². The average molecular weight is 463 g/mol. The number of aromatic nitrogens is 1. The predicted octanol–water partition coefficient (Wildman–Crippen LogP) is 6.57. The number of hydrogen-bond donors (Lipinski definition) is 1. The zero-order valence-corrected chi connectivity index (χ0v) is 19.5. The van der Waals surface area contributed by atoms with E-state index in [1.54, 1.807) is 30.6 Å². The lowest BCUT2D eigenvalue weighted by molar-refractivity contribution is -0.103. The summed E-state index contributed by atoms with van der Waals surface area (Å²) in [4.78, 5) is 4.08. The molecule has 2 aromatic carbocycles. The molecule has 1 saturated carbocycles. The second-order valence-electron chi connectivity index (χ2n) is 9.92. The minimum Gasteiger partial charge on any atom is -0.375 e. The maximum absolute atomic E-state index is 14.0. The van der Waals surface area contributed by atoms with Crippen molar-refractivity contribution in [3.63, 3.8) is 0 Å². The van der Waals surface area contributed by atoms with E-state index in [9.17, 15) is 8.78 Å². The smallest absolute Gasteiger partial charge is 0.123 e. The zero-order chi connectivity index (χ0) is 23.4. The molecule has 3 nitrogen and oxygen atoms in total. The van der Waals surface area contributed by atoms with E-state index in [2.05, 4.69) is 10.3 Å². The van der Waals surface area contributed by atoms with Gasteiger partial charge in [-0.25, -0.2) is 8.78 Å². The van der Waals surface area contributed by atoms with Gasteiger partial charge in [0.05, 0.1) is 5.60 Å². The second-order valence-corrected chi connectivity index (χ2v) is 9.92. The normalized spacial score (nSPS) is 21.7. The molecule has 1 aromatic heterocycles. The van der Waals surface area contributed by atoms with Crippen LogP contribution in [0.3, 0.4) is 0 Å². The zero-order valence-electron chi connectivity index (χ0n) is 19.5. The number of nitrogens with one attached hydrogen (secondary N) is 1. The highest BCUT2D eigenvalue weighted by Crippen LogP contribution is 2.50. The van der Waals surface area contributed by atoms with Crippen LogP contribution < -0.4 is 5.32 Å². The van der Waals surface area contributed by atoms with Crippen molar-refractivity contribution in [2.75, 3.05) is 13.2 Å². The van der Waals surface area contributed by atoms with Crippen LogP contribution in [-0.2, 0) is 16.7 Å². The summed E-state index contributed by atoms with van der Waals surface area (Å²) in [7, 11) is 0. The Kier molecular flexibility index (Phi) is 6.75. The Hall–Kier alpha value is -2.63. The summed E-state index contributed by atoms with van der Waals surface area (Å²) in [6, 6.07) is 15.9. The van der Waals surface area contributed by atoms with Crippen molar-refractivity contribution < 1.29 is 13.5 Å². The Labute approximate surface area is 200 Å². The van der Waals surface area contributed by atoms with E-state index in [0.717, 1.165) is 61.9 Å². The Morgan fingerprint density at radius 3 is 2.38 bits per heavy atom. The van der Waals surface area contributed by atoms with Crippen LogP contribution in [0.5, 0.6) is 0 Å². The molecule has 1 saturated heterocycles. The van der Waals surface area contributed by atoms with Crippen LogP contribution in [0.1, 0.15) is 56.1 Å². The van der Waals surface area contributed by atoms with Gasteiger partial charge in [0.25, 0.3) is 0 Å². The van der Waals surface area contributed by atoms with Gasteiger partial charge in [-0.2, -0.15) is 0 Å². The molecule has 0 unspecified atom stereocenters. The first kappa shape index (κ1) is 23.1. The summed E-state index contributed by atoms with van der Waals surface area (Å²) in [5.41, 5.74) is 4.06. The largest absolute Gasteiger partial charge is 0.375 e. The molecule has 1 atom stereocenters. The summed E-state index contributed by atoms with van der Waals surface area (Å²) in [5, 5.41) is 3.61.